The summed E-state index contributed by atoms with van der Waals surface area (Å²) in [4.78, 5) is 3.33. The molecule has 0 radical (unpaired) electrons. The van der Waals surface area contributed by atoms with E-state index in [1.54, 1.807) is 6.08 Å². The van der Waals surface area contributed by atoms with Crippen LogP contribution in [-0.4, -0.2) is 4.98 Å². The third kappa shape index (κ3) is 1.00. The first-order valence-electron chi connectivity index (χ1n) is 4.80. The minimum absolute atomic E-state index is 0.0118. The van der Waals surface area contributed by atoms with E-state index >= 15 is 0 Å². The summed E-state index contributed by atoms with van der Waals surface area (Å²) < 4.78 is 13.1. The van der Waals surface area contributed by atoms with Crippen LogP contribution >= 0.6 is 0 Å². The summed E-state index contributed by atoms with van der Waals surface area (Å²) in [5.74, 6) is -0.0118. The fourth-order valence-electron chi connectivity index (χ4n) is 2.05. The smallest absolute Gasteiger partial charge is 0.101 e. The highest BCUT2D eigenvalue weighted by molar-refractivity contribution is 5.91. The minimum Gasteiger partial charge on any atom is -0.358 e. The van der Waals surface area contributed by atoms with Crippen molar-refractivity contribution in [1.82, 2.24) is 4.98 Å². The van der Waals surface area contributed by atoms with Gasteiger partial charge in [-0.3, -0.25) is 0 Å². The number of nitrogens with one attached hydrogen (secondary N) is 1. The monoisotopic (exact) mass is 187 g/mol. The molecule has 2 heteroatoms. The molecule has 0 saturated carbocycles. The van der Waals surface area contributed by atoms with Gasteiger partial charge in [0.05, 0.1) is 0 Å². The summed E-state index contributed by atoms with van der Waals surface area (Å²) in [7, 11) is 0. The molecule has 0 bridgehead atoms. The summed E-state index contributed by atoms with van der Waals surface area (Å²) in [6.07, 6.45) is 2.96. The van der Waals surface area contributed by atoms with Gasteiger partial charge >= 0.3 is 0 Å². The third-order valence-electron chi connectivity index (χ3n) is 2.74. The molecule has 1 aromatic heterocycles. The predicted octanol–water partition coefficient (Wildman–Crippen LogP) is 3.42. The van der Waals surface area contributed by atoms with Gasteiger partial charge in [-0.25, -0.2) is 4.39 Å². The molecular formula is C12H10FN. The van der Waals surface area contributed by atoms with Crippen LogP contribution in [0.2, 0.25) is 0 Å². The van der Waals surface area contributed by atoms with Gasteiger partial charge < -0.3 is 4.98 Å². The number of halogens is 1. The lowest BCUT2D eigenvalue weighted by atomic mass is 10.0. The maximum Gasteiger partial charge on any atom is 0.101 e. The Hall–Kier alpha value is -1.57. The van der Waals surface area contributed by atoms with Crippen molar-refractivity contribution in [3.8, 4) is 0 Å². The highest BCUT2D eigenvalue weighted by Gasteiger charge is 2.14. The van der Waals surface area contributed by atoms with E-state index in [0.717, 1.165) is 28.6 Å². The van der Waals surface area contributed by atoms with Crippen LogP contribution in [0.4, 0.5) is 4.39 Å². The predicted molar refractivity (Wildman–Crippen MR) is 55.7 cm³/mol. The van der Waals surface area contributed by atoms with Crippen molar-refractivity contribution >= 4 is 17.0 Å². The number of rotatable bonds is 0. The maximum atomic E-state index is 13.1. The second-order valence-corrected chi connectivity index (χ2v) is 3.65. The van der Waals surface area contributed by atoms with Crippen LogP contribution in [0.15, 0.2) is 30.1 Å². The van der Waals surface area contributed by atoms with Crippen molar-refractivity contribution in [2.45, 2.75) is 12.8 Å². The van der Waals surface area contributed by atoms with E-state index in [2.05, 4.69) is 4.98 Å². The van der Waals surface area contributed by atoms with E-state index in [-0.39, 0.29) is 5.83 Å². The Kier molecular flexibility index (Phi) is 1.51. The standard InChI is InChI=1S/C12H10FN/c13-8-5-6-12-10(7-8)9-3-1-2-4-11(9)14-12/h1-4,7,14H,5-6H2. The number of aromatic amines is 1. The maximum absolute atomic E-state index is 13.1. The molecule has 3 rings (SSSR count). The Morgan fingerprint density at radius 1 is 1.14 bits per heavy atom. The van der Waals surface area contributed by atoms with Gasteiger partial charge in [0.15, 0.2) is 0 Å². The molecule has 14 heavy (non-hydrogen) atoms. The van der Waals surface area contributed by atoms with Crippen LogP contribution in [0.1, 0.15) is 17.7 Å². The van der Waals surface area contributed by atoms with Gasteiger partial charge in [0, 0.05) is 28.6 Å². The highest BCUT2D eigenvalue weighted by atomic mass is 19.1. The molecule has 1 aliphatic rings. The van der Waals surface area contributed by atoms with Crippen molar-refractivity contribution in [2.75, 3.05) is 0 Å². The zero-order valence-electron chi connectivity index (χ0n) is 7.68. The number of fused-ring (bicyclic) bond motifs is 3. The molecule has 0 amide bonds. The lowest BCUT2D eigenvalue weighted by Crippen LogP contribution is -1.94. The molecule has 1 aliphatic carbocycles. The first kappa shape index (κ1) is 7.80. The minimum atomic E-state index is -0.0118. The number of H-pyrrole nitrogens is 1. The van der Waals surface area contributed by atoms with E-state index in [1.165, 1.54) is 0 Å². The Labute approximate surface area is 81.3 Å². The van der Waals surface area contributed by atoms with Crippen LogP contribution in [0.25, 0.3) is 17.0 Å². The zero-order chi connectivity index (χ0) is 9.54. The lowest BCUT2D eigenvalue weighted by molar-refractivity contribution is 0.589. The van der Waals surface area contributed by atoms with Crippen LogP contribution in [0.5, 0.6) is 0 Å². The van der Waals surface area contributed by atoms with Gasteiger partial charge in [-0.1, -0.05) is 18.2 Å². The van der Waals surface area contributed by atoms with Gasteiger partial charge in [-0.15, -0.1) is 0 Å². The molecule has 0 spiro atoms. The average molecular weight is 187 g/mol. The molecule has 0 unspecified atom stereocenters. The molecule has 2 aromatic rings. The van der Waals surface area contributed by atoms with Crippen molar-refractivity contribution < 1.29 is 4.39 Å². The molecule has 1 heterocycles. The van der Waals surface area contributed by atoms with E-state index in [1.807, 2.05) is 24.3 Å². The second kappa shape index (κ2) is 2.71. The van der Waals surface area contributed by atoms with Crippen molar-refractivity contribution in [3.63, 3.8) is 0 Å². The third-order valence-corrected chi connectivity index (χ3v) is 2.74. The number of allylic oxidation sites excluding steroid dienone is 1. The topological polar surface area (TPSA) is 15.8 Å². The average Bonchev–Trinajstić information content (AvgIpc) is 2.56. The molecule has 0 saturated heterocycles. The molecule has 1 aromatic carbocycles. The number of aromatic nitrogens is 1. The van der Waals surface area contributed by atoms with Gasteiger partial charge in [-0.05, 0) is 18.6 Å². The van der Waals surface area contributed by atoms with Gasteiger partial charge in [0.25, 0.3) is 0 Å². The summed E-state index contributed by atoms with van der Waals surface area (Å²) >= 11 is 0. The van der Waals surface area contributed by atoms with E-state index in [4.69, 9.17) is 0 Å². The summed E-state index contributed by atoms with van der Waals surface area (Å²) in [6, 6.07) is 8.03. The summed E-state index contributed by atoms with van der Waals surface area (Å²) in [5.41, 5.74) is 3.29. The highest BCUT2D eigenvalue weighted by Crippen LogP contribution is 2.30. The molecule has 1 N–H and O–H groups in total. The Morgan fingerprint density at radius 2 is 2.00 bits per heavy atom. The van der Waals surface area contributed by atoms with Crippen molar-refractivity contribution in [3.05, 3.63) is 41.3 Å². The van der Waals surface area contributed by atoms with E-state index in [9.17, 15) is 4.39 Å². The lowest BCUT2D eigenvalue weighted by Gasteiger charge is -2.06. The van der Waals surface area contributed by atoms with Crippen molar-refractivity contribution in [1.29, 1.82) is 0 Å². The van der Waals surface area contributed by atoms with Crippen LogP contribution in [0.3, 0.4) is 0 Å². The largest absolute Gasteiger partial charge is 0.358 e. The summed E-state index contributed by atoms with van der Waals surface area (Å²) in [6.45, 7) is 0. The number of hydrogen-bond donors (Lipinski definition) is 1. The fraction of sp³-hybridized carbons (Fsp3) is 0.167. The van der Waals surface area contributed by atoms with Crippen LogP contribution in [0, 0.1) is 0 Å². The normalized spacial score (nSPS) is 15.4. The van der Waals surface area contributed by atoms with Crippen LogP contribution < -0.4 is 0 Å². The van der Waals surface area contributed by atoms with E-state index < -0.39 is 0 Å². The Morgan fingerprint density at radius 3 is 2.93 bits per heavy atom. The number of benzene rings is 1. The first-order valence-corrected chi connectivity index (χ1v) is 4.80. The number of aryl methyl sites for hydroxylation is 1. The SMILES string of the molecule is FC1=Cc2c([nH]c3ccccc23)CC1. The quantitative estimate of drug-likeness (QED) is 0.650. The second-order valence-electron chi connectivity index (χ2n) is 3.65. The fourth-order valence-corrected chi connectivity index (χ4v) is 2.05. The van der Waals surface area contributed by atoms with Gasteiger partial charge in [0.2, 0.25) is 0 Å². The van der Waals surface area contributed by atoms with Gasteiger partial charge in [-0.2, -0.15) is 0 Å². The molecular weight excluding hydrogens is 177 g/mol. The molecule has 1 nitrogen and oxygen atoms in total. The Bertz CT molecular complexity index is 522. The summed E-state index contributed by atoms with van der Waals surface area (Å²) in [5, 5.41) is 1.12. The number of para-hydroxylation sites is 1. The Balaban J connectivity index is 2.37. The van der Waals surface area contributed by atoms with Crippen molar-refractivity contribution in [2.24, 2.45) is 0 Å². The first-order chi connectivity index (χ1) is 6.84. The zero-order valence-corrected chi connectivity index (χ0v) is 7.68. The molecule has 0 fully saturated rings. The molecule has 0 aliphatic heterocycles. The molecule has 70 valence electrons. The molecule has 0 atom stereocenters. The van der Waals surface area contributed by atoms with Crippen LogP contribution in [-0.2, 0) is 6.42 Å². The van der Waals surface area contributed by atoms with E-state index in [0.29, 0.717) is 6.42 Å². The number of hydrogen-bond acceptors (Lipinski definition) is 0. The van der Waals surface area contributed by atoms with Gasteiger partial charge in [0.1, 0.15) is 5.83 Å².